The lowest BCUT2D eigenvalue weighted by atomic mass is 9.97. The maximum Gasteiger partial charge on any atom is 0.411 e. The average Bonchev–Trinajstić information content (AvgIpc) is 3.31. The van der Waals surface area contributed by atoms with Gasteiger partial charge in [0.05, 0.1) is 65.1 Å². The van der Waals surface area contributed by atoms with Crippen molar-refractivity contribution in [3.63, 3.8) is 0 Å². The van der Waals surface area contributed by atoms with Crippen LogP contribution in [-0.4, -0.2) is 153 Å². The fraction of sp³-hybridized carbons (Fsp3) is 0.600. The standard InChI is InChI=1S/C45H68N4O14/c1-9-20-62-42(52)46-36-26-40(38(54-3)24-34(36)44(56-5,57-6)30-48-18-13-11-16-32(48)28-50)60-22-15-23-61-41-27-37(47-43(53)63-21-10-2)35(25-39(41)55-4)45(58-7,59-8)31-49-19-14-12-17-33(49)29-51/h9-10,24-27,32-33,50-51H,1-2,11-23,28-31H2,3-8H3,(H,46,52)(H,47,53)/t32-,33-/m0/s1. The summed E-state index contributed by atoms with van der Waals surface area (Å²) in [5, 5.41) is 25.9. The molecular formula is C45H68N4O14. The van der Waals surface area contributed by atoms with Crippen molar-refractivity contribution in [3.05, 3.63) is 60.7 Å². The third-order valence-corrected chi connectivity index (χ3v) is 11.4. The Hall–Kier alpha value is -4.66. The molecular weight excluding hydrogens is 821 g/mol. The Balaban J connectivity index is 1.60. The van der Waals surface area contributed by atoms with Crippen LogP contribution in [0.4, 0.5) is 21.0 Å². The molecule has 2 aromatic rings. The van der Waals surface area contributed by atoms with Crippen molar-refractivity contribution in [1.82, 2.24) is 9.80 Å². The zero-order valence-corrected chi connectivity index (χ0v) is 37.7. The summed E-state index contributed by atoms with van der Waals surface area (Å²) >= 11 is 0. The number of aliphatic hydroxyl groups excluding tert-OH is 2. The second-order valence-corrected chi connectivity index (χ2v) is 15.1. The number of aliphatic hydroxyl groups is 2. The number of anilines is 2. The van der Waals surface area contributed by atoms with E-state index in [4.69, 9.17) is 47.4 Å². The van der Waals surface area contributed by atoms with Crippen LogP contribution < -0.4 is 29.6 Å². The molecule has 0 saturated carbocycles. The summed E-state index contributed by atoms with van der Waals surface area (Å²) in [7, 11) is 9.07. The SMILES string of the molecule is C=CCOC(=O)Nc1cc(OCCCOc2cc(NC(=O)OCC=C)c(C(CN3CCCC[C@H]3CO)(OC)OC)cc2OC)c(OC)cc1C(CN1CCCC[C@H]1CO)(OC)OC. The molecule has 2 saturated heterocycles. The molecule has 0 unspecified atom stereocenters. The zero-order valence-electron chi connectivity index (χ0n) is 37.7. The number of amides is 2. The molecule has 0 radical (unpaired) electrons. The molecule has 4 N–H and O–H groups in total. The largest absolute Gasteiger partial charge is 0.493 e. The van der Waals surface area contributed by atoms with Gasteiger partial charge < -0.3 is 57.6 Å². The van der Waals surface area contributed by atoms with Crippen molar-refractivity contribution in [2.75, 3.05) is 119 Å². The van der Waals surface area contributed by atoms with Crippen LogP contribution in [-0.2, 0) is 40.0 Å². The zero-order chi connectivity index (χ0) is 45.8. The highest BCUT2D eigenvalue weighted by molar-refractivity contribution is 5.87. The number of rotatable bonds is 26. The molecule has 0 bridgehead atoms. The van der Waals surface area contributed by atoms with Crippen LogP contribution in [0, 0.1) is 0 Å². The number of hydrogen-bond acceptors (Lipinski definition) is 16. The van der Waals surface area contributed by atoms with E-state index in [0.29, 0.717) is 51.9 Å². The number of nitrogens with one attached hydrogen (secondary N) is 2. The van der Waals surface area contributed by atoms with E-state index in [1.807, 2.05) is 0 Å². The first-order valence-electron chi connectivity index (χ1n) is 21.2. The van der Waals surface area contributed by atoms with Crippen LogP contribution in [0.5, 0.6) is 23.0 Å². The molecule has 0 spiro atoms. The van der Waals surface area contributed by atoms with E-state index in [2.05, 4.69) is 33.6 Å². The first-order chi connectivity index (χ1) is 30.5. The number of hydrogen-bond donors (Lipinski definition) is 4. The lowest BCUT2D eigenvalue weighted by molar-refractivity contribution is -0.230. The number of carbonyl (C=O) groups excluding carboxylic acids is 2. The number of methoxy groups -OCH3 is 6. The van der Waals surface area contributed by atoms with Crippen molar-refractivity contribution in [2.24, 2.45) is 0 Å². The molecule has 0 aromatic heterocycles. The Morgan fingerprint density at radius 2 is 1.05 bits per heavy atom. The second kappa shape index (κ2) is 25.6. The summed E-state index contributed by atoms with van der Waals surface area (Å²) in [6.45, 7) is 9.44. The first kappa shape index (κ1) is 51.0. The Morgan fingerprint density at radius 1 is 0.651 bits per heavy atom. The number of benzene rings is 2. The van der Waals surface area contributed by atoms with Gasteiger partial charge in [0.1, 0.15) is 13.2 Å². The topological polar surface area (TPSA) is 197 Å². The van der Waals surface area contributed by atoms with Gasteiger partial charge in [0.2, 0.25) is 11.6 Å². The molecule has 2 fully saturated rings. The third kappa shape index (κ3) is 13.2. The van der Waals surface area contributed by atoms with E-state index in [1.54, 1.807) is 24.3 Å². The summed E-state index contributed by atoms with van der Waals surface area (Å²) in [5.74, 6) is -1.47. The Morgan fingerprint density at radius 3 is 1.38 bits per heavy atom. The molecule has 63 heavy (non-hydrogen) atoms. The average molecular weight is 889 g/mol. The van der Waals surface area contributed by atoms with Crippen LogP contribution in [0.2, 0.25) is 0 Å². The second-order valence-electron chi connectivity index (χ2n) is 15.1. The highest BCUT2D eigenvalue weighted by Gasteiger charge is 2.42. The van der Waals surface area contributed by atoms with Crippen molar-refractivity contribution < 1.29 is 67.2 Å². The minimum absolute atomic E-state index is 0.0138. The van der Waals surface area contributed by atoms with Crippen LogP contribution in [0.25, 0.3) is 0 Å². The van der Waals surface area contributed by atoms with E-state index in [9.17, 15) is 19.8 Å². The summed E-state index contributed by atoms with van der Waals surface area (Å²) in [6, 6.07) is 6.45. The molecule has 18 nitrogen and oxygen atoms in total. The number of ether oxygens (including phenoxy) is 10. The minimum Gasteiger partial charge on any atom is -0.493 e. The lowest BCUT2D eigenvalue weighted by Gasteiger charge is -2.42. The number of likely N-dealkylation sites (tertiary alicyclic amines) is 2. The van der Waals surface area contributed by atoms with Gasteiger partial charge in [0.15, 0.2) is 23.0 Å². The smallest absolute Gasteiger partial charge is 0.411 e. The van der Waals surface area contributed by atoms with Gasteiger partial charge in [-0.3, -0.25) is 20.4 Å². The first-order valence-corrected chi connectivity index (χ1v) is 21.2. The van der Waals surface area contributed by atoms with Gasteiger partial charge in [-0.05, 0) is 50.9 Å². The summed E-state index contributed by atoms with van der Waals surface area (Å²) in [5.41, 5.74) is 1.48. The quantitative estimate of drug-likeness (QED) is 0.0517. The highest BCUT2D eigenvalue weighted by atomic mass is 16.7. The molecule has 0 aliphatic carbocycles. The maximum atomic E-state index is 13.0. The number of piperidine rings is 2. The van der Waals surface area contributed by atoms with E-state index in [-0.39, 0.29) is 64.8 Å². The minimum atomic E-state index is -1.39. The van der Waals surface area contributed by atoms with E-state index >= 15 is 0 Å². The number of carbonyl (C=O) groups is 2. The summed E-state index contributed by atoms with van der Waals surface area (Å²) in [6.07, 6.45) is 7.39. The Bertz CT molecular complexity index is 1650. The molecule has 2 aliphatic rings. The van der Waals surface area contributed by atoms with Crippen molar-refractivity contribution in [3.8, 4) is 23.0 Å². The summed E-state index contributed by atoms with van der Waals surface area (Å²) in [4.78, 5) is 30.2. The van der Waals surface area contributed by atoms with Crippen LogP contribution in [0.1, 0.15) is 56.1 Å². The molecule has 2 aromatic carbocycles. The van der Waals surface area contributed by atoms with Gasteiger partial charge in [0.25, 0.3) is 0 Å². The van der Waals surface area contributed by atoms with Crippen LogP contribution in [0.15, 0.2) is 49.6 Å². The monoisotopic (exact) mass is 888 g/mol. The van der Waals surface area contributed by atoms with E-state index < -0.39 is 23.8 Å². The van der Waals surface area contributed by atoms with Crippen LogP contribution >= 0.6 is 0 Å². The molecule has 2 aliphatic heterocycles. The van der Waals surface area contributed by atoms with Gasteiger partial charge in [-0.15, -0.1) is 0 Å². The van der Waals surface area contributed by atoms with Gasteiger partial charge >= 0.3 is 12.2 Å². The fourth-order valence-electron chi connectivity index (χ4n) is 8.01. The van der Waals surface area contributed by atoms with Gasteiger partial charge in [-0.25, -0.2) is 9.59 Å². The fourth-order valence-corrected chi connectivity index (χ4v) is 8.01. The Kier molecular flexibility index (Phi) is 20.7. The lowest BCUT2D eigenvalue weighted by Crippen LogP contribution is -2.51. The normalized spacial score (nSPS) is 17.3. The molecule has 4 rings (SSSR count). The predicted molar refractivity (Wildman–Crippen MR) is 236 cm³/mol. The predicted octanol–water partition coefficient (Wildman–Crippen LogP) is 5.61. The molecule has 352 valence electrons. The summed E-state index contributed by atoms with van der Waals surface area (Å²) < 4.78 is 58.9. The van der Waals surface area contributed by atoms with Crippen molar-refractivity contribution in [1.29, 1.82) is 0 Å². The highest BCUT2D eigenvalue weighted by Crippen LogP contribution is 2.43. The maximum absolute atomic E-state index is 13.0. The van der Waals surface area contributed by atoms with Gasteiger partial charge in [-0.1, -0.05) is 38.2 Å². The Labute approximate surface area is 371 Å². The van der Waals surface area contributed by atoms with E-state index in [0.717, 1.165) is 51.6 Å². The number of nitrogens with zero attached hydrogens (tertiary/aromatic N) is 2. The van der Waals surface area contributed by atoms with E-state index in [1.165, 1.54) is 54.8 Å². The molecule has 18 heteroatoms. The molecule has 2 amide bonds. The van der Waals surface area contributed by atoms with Crippen molar-refractivity contribution in [2.45, 2.75) is 68.6 Å². The van der Waals surface area contributed by atoms with Crippen molar-refractivity contribution >= 4 is 23.6 Å². The van der Waals surface area contributed by atoms with Gasteiger partial charge in [0, 0.05) is 70.2 Å². The third-order valence-electron chi connectivity index (χ3n) is 11.4. The van der Waals surface area contributed by atoms with Gasteiger partial charge in [-0.2, -0.15) is 0 Å². The molecule has 2 atom stereocenters. The molecule has 2 heterocycles. The van der Waals surface area contributed by atoms with Crippen LogP contribution in [0.3, 0.4) is 0 Å².